The number of H-pyrrole nitrogens is 2. The number of nitrogens with two attached hydrogens (primary N) is 1. The average molecular weight is 1050 g/mol. The molecule has 0 spiro atoms. The molecule has 71 heavy (non-hydrogen) atoms. The van der Waals surface area contributed by atoms with E-state index < -0.39 is 115 Å². The molecule has 2 saturated heterocycles. The van der Waals surface area contributed by atoms with Crippen molar-refractivity contribution in [1.29, 1.82) is 5.26 Å². The zero-order valence-corrected chi connectivity index (χ0v) is 45.7. The Bertz CT molecular complexity index is 2790. The molecule has 25 nitrogen and oxygen atoms in total. The molecule has 9 atom stereocenters. The van der Waals surface area contributed by atoms with Crippen LogP contribution in [0, 0.1) is 23.2 Å². The summed E-state index contributed by atoms with van der Waals surface area (Å²) in [5, 5.41) is 28.0. The molecule has 2 aliphatic heterocycles. The summed E-state index contributed by atoms with van der Waals surface area (Å²) >= 11 is 0. The predicted molar refractivity (Wildman–Crippen MR) is 267 cm³/mol. The third-order valence-corrected chi connectivity index (χ3v) is 24.1. The van der Waals surface area contributed by atoms with E-state index in [0.717, 1.165) is 0 Å². The van der Waals surface area contributed by atoms with Crippen molar-refractivity contribution in [1.82, 2.24) is 44.1 Å². The van der Waals surface area contributed by atoms with Gasteiger partial charge in [-0.25, -0.2) is 19.6 Å². The van der Waals surface area contributed by atoms with Gasteiger partial charge in [-0.3, -0.25) is 58.0 Å². The molecule has 0 saturated carbocycles. The summed E-state index contributed by atoms with van der Waals surface area (Å²) in [6.45, 7) is 25.7. The highest BCUT2D eigenvalue weighted by Crippen LogP contribution is 2.50. The summed E-state index contributed by atoms with van der Waals surface area (Å²) in [5.74, 6) is -1.84. The fraction of sp³-hybridized carbons (Fsp3) is 0.698. The van der Waals surface area contributed by atoms with Gasteiger partial charge in [0, 0.05) is 11.8 Å². The number of hydrogen-bond donors (Lipinski definition) is 7. The van der Waals surface area contributed by atoms with E-state index in [2.05, 4.69) is 66.4 Å². The number of anilines is 2. The minimum atomic E-state index is -4.59. The highest BCUT2D eigenvalue weighted by atomic mass is 31.2. The maximum absolute atomic E-state index is 15.3. The van der Waals surface area contributed by atoms with Crippen LogP contribution in [-0.4, -0.2) is 129 Å². The monoisotopic (exact) mass is 1050 g/mol. The number of nitriles is 1. The van der Waals surface area contributed by atoms with Crippen LogP contribution in [0.3, 0.4) is 0 Å². The molecule has 0 aliphatic carbocycles. The Morgan fingerprint density at radius 3 is 1.72 bits per heavy atom. The van der Waals surface area contributed by atoms with Crippen molar-refractivity contribution in [3.05, 3.63) is 33.4 Å². The van der Waals surface area contributed by atoms with E-state index in [1.165, 1.54) is 21.8 Å². The van der Waals surface area contributed by atoms with E-state index in [0.29, 0.717) is 0 Å². The molecule has 2 aliphatic rings. The standard InChI is InChI=1S/C43H70N13O12PSi2/c1-22(2)34(58)50-40-48-32-28(36(60)52-40)46-20-55(32)38-30(67-70(11,12)42(5,6)7)26(45)25(66-38)19-64-69(62,63-17-15-16-44)54-27-24(18-57)65-39(31(27)68-71(13,14)43(8,9)10)56-21-47-29-33(56)49-41(53-37(29)61)51-35(59)23(3)4/h20-27,30-31,38-39,57H,15,17-19,45H2,1-14H3,(H,54,62)(H2,48,50,52,58,60)(H2,49,51,53,59,61)/t24-,25-,26-,27-,30?,31?,38-,39-,69?/m1/s1. The van der Waals surface area contributed by atoms with Crippen LogP contribution in [0.5, 0.6) is 0 Å². The van der Waals surface area contributed by atoms with Gasteiger partial charge in [0.2, 0.25) is 23.7 Å². The van der Waals surface area contributed by atoms with E-state index in [-0.39, 0.29) is 63.2 Å². The first-order valence-corrected chi connectivity index (χ1v) is 30.9. The SMILES string of the molecule is CC(C)C(=O)Nc1nc2c(ncn2[C@@H]2O[C@H](COP(=O)(N[C@H]3C(O[Si](C)(C)C(C)(C)C)[C@H](n4cnc5c(=O)[nH]c(NC(=O)C(C)C)nc54)O[C@@H]3CO)OCCC#N)[C@@H](N)C2O[Si](C)(C)C(C)(C)C)c(=O)[nH]1. The Hall–Kier alpha value is -4.57. The van der Waals surface area contributed by atoms with Gasteiger partial charge in [0.05, 0.1) is 57.0 Å². The van der Waals surface area contributed by atoms with Gasteiger partial charge >= 0.3 is 7.75 Å². The number of nitrogens with zero attached hydrogens (tertiary/aromatic N) is 7. The number of aromatic amines is 2. The zero-order chi connectivity index (χ0) is 52.8. The lowest BCUT2D eigenvalue weighted by molar-refractivity contribution is -0.119. The zero-order valence-electron chi connectivity index (χ0n) is 42.8. The number of carbonyl (C=O) groups excluding carboxylic acids is 2. The lowest BCUT2D eigenvalue weighted by atomic mass is 10.1. The third kappa shape index (κ3) is 12.0. The first-order valence-electron chi connectivity index (χ1n) is 23.5. The Kier molecular flexibility index (Phi) is 16.6. The number of aromatic nitrogens is 8. The number of hydrogen-bond acceptors (Lipinski definition) is 18. The first-order chi connectivity index (χ1) is 32.9. The van der Waals surface area contributed by atoms with Crippen molar-refractivity contribution in [2.24, 2.45) is 17.6 Å². The number of amides is 2. The van der Waals surface area contributed by atoms with Crippen molar-refractivity contribution < 1.29 is 46.6 Å². The molecule has 392 valence electrons. The summed E-state index contributed by atoms with van der Waals surface area (Å²) in [4.78, 5) is 74.6. The van der Waals surface area contributed by atoms with Gasteiger partial charge in [-0.05, 0) is 36.3 Å². The largest absolute Gasteiger partial charge is 0.408 e. The van der Waals surface area contributed by atoms with E-state index in [1.54, 1.807) is 27.7 Å². The van der Waals surface area contributed by atoms with Crippen molar-refractivity contribution in [3.63, 3.8) is 0 Å². The van der Waals surface area contributed by atoms with Gasteiger partial charge in [-0.1, -0.05) is 69.2 Å². The second-order valence-electron chi connectivity index (χ2n) is 21.5. The van der Waals surface area contributed by atoms with Crippen LogP contribution in [0.15, 0.2) is 22.2 Å². The van der Waals surface area contributed by atoms with Gasteiger partial charge in [0.25, 0.3) is 11.1 Å². The number of aliphatic hydroxyl groups excluding tert-OH is 1. The number of rotatable bonds is 19. The molecule has 0 radical (unpaired) electrons. The molecular formula is C43H70N13O12PSi2. The summed E-state index contributed by atoms with van der Waals surface area (Å²) < 4.78 is 57.5. The van der Waals surface area contributed by atoms with Crippen LogP contribution in [0.25, 0.3) is 22.3 Å². The van der Waals surface area contributed by atoms with Crippen LogP contribution in [0.2, 0.25) is 36.3 Å². The van der Waals surface area contributed by atoms with Gasteiger partial charge in [0.1, 0.15) is 24.4 Å². The molecule has 8 N–H and O–H groups in total. The van der Waals surface area contributed by atoms with Crippen molar-refractivity contribution in [2.75, 3.05) is 30.5 Å². The van der Waals surface area contributed by atoms with Crippen LogP contribution >= 0.6 is 7.75 Å². The molecule has 2 fully saturated rings. The molecule has 2 amide bonds. The van der Waals surface area contributed by atoms with Crippen molar-refractivity contribution >= 4 is 70.4 Å². The van der Waals surface area contributed by atoms with Crippen LogP contribution < -0.4 is 32.6 Å². The number of ether oxygens (including phenoxy) is 2. The number of nitrogens with one attached hydrogen (secondary N) is 5. The molecule has 0 bridgehead atoms. The number of fused-ring (bicyclic) bond motifs is 2. The van der Waals surface area contributed by atoms with Crippen molar-refractivity contribution in [2.45, 2.75) is 161 Å². The highest BCUT2D eigenvalue weighted by molar-refractivity contribution is 7.51. The molecular weight excluding hydrogens is 978 g/mol. The first kappa shape index (κ1) is 55.7. The minimum Gasteiger partial charge on any atom is -0.408 e. The summed E-state index contributed by atoms with van der Waals surface area (Å²) in [7, 11) is -10.0. The number of carbonyl (C=O) groups is 2. The maximum atomic E-state index is 15.3. The Labute approximate surface area is 413 Å². The van der Waals surface area contributed by atoms with Crippen molar-refractivity contribution in [3.8, 4) is 6.07 Å². The van der Waals surface area contributed by atoms with Crippen LogP contribution in [0.1, 0.15) is 88.1 Å². The fourth-order valence-electron chi connectivity index (χ4n) is 7.24. The summed E-state index contributed by atoms with van der Waals surface area (Å²) in [5.41, 5.74) is 5.78. The van der Waals surface area contributed by atoms with E-state index in [1.807, 2.05) is 53.0 Å². The Balaban J connectivity index is 1.38. The topological polar surface area (TPSA) is 340 Å². The Morgan fingerprint density at radius 1 is 0.831 bits per heavy atom. The molecule has 3 unspecified atom stereocenters. The second-order valence-corrected chi connectivity index (χ2v) is 32.8. The van der Waals surface area contributed by atoms with Gasteiger partial charge in [0.15, 0.2) is 51.4 Å². The molecule has 4 aromatic rings. The Morgan fingerprint density at radius 2 is 1.28 bits per heavy atom. The number of aliphatic hydroxyl groups is 1. The van der Waals surface area contributed by atoms with E-state index >= 15 is 4.57 Å². The van der Waals surface area contributed by atoms with Gasteiger partial charge in [-0.2, -0.15) is 15.2 Å². The summed E-state index contributed by atoms with van der Waals surface area (Å²) in [6.07, 6.45) is -3.90. The number of imidazole rings is 2. The minimum absolute atomic E-state index is 0.0297. The lowest BCUT2D eigenvalue weighted by Gasteiger charge is -2.41. The molecule has 6 rings (SSSR count). The molecule has 4 aromatic heterocycles. The molecule has 0 aromatic carbocycles. The lowest BCUT2D eigenvalue weighted by Crippen LogP contribution is -2.53. The molecule has 28 heteroatoms. The normalized spacial score (nSPS) is 24.2. The van der Waals surface area contributed by atoms with E-state index in [9.17, 15) is 29.5 Å². The summed E-state index contributed by atoms with van der Waals surface area (Å²) in [6, 6.07) is -0.132. The highest BCUT2D eigenvalue weighted by Gasteiger charge is 2.55. The van der Waals surface area contributed by atoms with Gasteiger partial charge in [-0.15, -0.1) is 0 Å². The quantitative estimate of drug-likeness (QED) is 0.0390. The predicted octanol–water partition coefficient (Wildman–Crippen LogP) is 4.35. The van der Waals surface area contributed by atoms with Gasteiger partial charge < -0.3 is 29.2 Å². The molecule has 6 heterocycles. The fourth-order valence-corrected chi connectivity index (χ4v) is 11.4. The van der Waals surface area contributed by atoms with Crippen LogP contribution in [0.4, 0.5) is 11.9 Å². The maximum Gasteiger partial charge on any atom is 0.406 e. The second kappa shape index (κ2) is 21.1. The van der Waals surface area contributed by atoms with E-state index in [4.69, 9.17) is 33.1 Å². The van der Waals surface area contributed by atoms with Crippen LogP contribution in [-0.2, 0) is 41.5 Å². The smallest absolute Gasteiger partial charge is 0.406 e. The average Bonchev–Trinajstić information content (AvgIpc) is 4.03. The third-order valence-electron chi connectivity index (χ3n) is 13.5.